The number of aryl methyl sites for hydroxylation is 3. The van der Waals surface area contributed by atoms with Crippen molar-refractivity contribution in [1.29, 1.82) is 0 Å². The number of benzene rings is 2. The zero-order chi connectivity index (χ0) is 14.9. The minimum absolute atomic E-state index is 0.00707. The van der Waals surface area contributed by atoms with E-state index in [-0.39, 0.29) is 16.7 Å². The van der Waals surface area contributed by atoms with Crippen molar-refractivity contribution in [1.82, 2.24) is 0 Å². The molecule has 1 amide bonds. The quantitative estimate of drug-likeness (QED) is 0.813. The van der Waals surface area contributed by atoms with Gasteiger partial charge in [0.15, 0.2) is 0 Å². The Morgan fingerprint density at radius 1 is 1.10 bits per heavy atom. The van der Waals surface area contributed by atoms with Crippen LogP contribution in [-0.2, 0) is 0 Å². The van der Waals surface area contributed by atoms with Gasteiger partial charge in [0.05, 0.1) is 5.02 Å². The maximum absolute atomic E-state index is 12.3. The molecular formula is C16H16ClNO2. The van der Waals surface area contributed by atoms with Crippen LogP contribution in [0, 0.1) is 20.8 Å². The lowest BCUT2D eigenvalue weighted by Crippen LogP contribution is -2.15. The molecule has 2 aromatic rings. The molecule has 0 bridgehead atoms. The largest absolute Gasteiger partial charge is 0.506 e. The van der Waals surface area contributed by atoms with Gasteiger partial charge in [0.25, 0.3) is 5.91 Å². The third-order valence-corrected chi connectivity index (χ3v) is 3.41. The lowest BCUT2D eigenvalue weighted by Gasteiger charge is -2.12. The summed E-state index contributed by atoms with van der Waals surface area (Å²) in [6, 6.07) is 8.54. The van der Waals surface area contributed by atoms with Crippen molar-refractivity contribution < 1.29 is 9.90 Å². The van der Waals surface area contributed by atoms with Gasteiger partial charge in [-0.3, -0.25) is 4.79 Å². The number of aromatic hydroxyl groups is 1. The monoisotopic (exact) mass is 289 g/mol. The highest BCUT2D eigenvalue weighted by Gasteiger charge is 2.13. The zero-order valence-electron chi connectivity index (χ0n) is 11.6. The first-order chi connectivity index (χ1) is 9.38. The number of halogens is 1. The standard InChI is InChI=1S/C16H16ClNO2/c1-9-6-10(2)15(11(3)7-9)16(20)18-12-4-5-14(19)13(17)8-12/h4-8,19H,1-3H3,(H,18,20). The first-order valence-electron chi connectivity index (χ1n) is 6.26. The molecule has 0 saturated heterocycles. The molecule has 2 N–H and O–H groups in total. The topological polar surface area (TPSA) is 49.3 Å². The van der Waals surface area contributed by atoms with Crippen LogP contribution in [0.3, 0.4) is 0 Å². The molecule has 0 aliphatic rings. The highest BCUT2D eigenvalue weighted by Crippen LogP contribution is 2.27. The third kappa shape index (κ3) is 2.94. The van der Waals surface area contributed by atoms with Crippen LogP contribution in [0.2, 0.25) is 5.02 Å². The molecule has 0 aliphatic carbocycles. The zero-order valence-corrected chi connectivity index (χ0v) is 12.4. The van der Waals surface area contributed by atoms with Gasteiger partial charge in [0, 0.05) is 11.3 Å². The Morgan fingerprint density at radius 3 is 2.25 bits per heavy atom. The van der Waals surface area contributed by atoms with Gasteiger partial charge in [-0.25, -0.2) is 0 Å². The maximum atomic E-state index is 12.3. The van der Waals surface area contributed by atoms with E-state index in [1.807, 2.05) is 32.9 Å². The van der Waals surface area contributed by atoms with Gasteiger partial charge in [0.1, 0.15) is 5.75 Å². The predicted molar refractivity (Wildman–Crippen MR) is 81.7 cm³/mol. The van der Waals surface area contributed by atoms with Crippen LogP contribution in [0.4, 0.5) is 5.69 Å². The number of phenols is 1. The summed E-state index contributed by atoms with van der Waals surface area (Å²) >= 11 is 5.83. The Bertz CT molecular complexity index is 657. The molecule has 4 heteroatoms. The second-order valence-corrected chi connectivity index (χ2v) is 5.30. The summed E-state index contributed by atoms with van der Waals surface area (Å²) in [4.78, 5) is 12.3. The molecule has 0 heterocycles. The summed E-state index contributed by atoms with van der Waals surface area (Å²) in [5.41, 5.74) is 4.22. The second-order valence-electron chi connectivity index (χ2n) is 4.89. The van der Waals surface area contributed by atoms with Crippen molar-refractivity contribution in [3.05, 3.63) is 57.6 Å². The summed E-state index contributed by atoms with van der Waals surface area (Å²) in [5, 5.41) is 12.4. The predicted octanol–water partition coefficient (Wildman–Crippen LogP) is 4.22. The summed E-state index contributed by atoms with van der Waals surface area (Å²) < 4.78 is 0. The molecule has 2 aromatic carbocycles. The van der Waals surface area contributed by atoms with Gasteiger partial charge >= 0.3 is 0 Å². The number of hydrogen-bond donors (Lipinski definition) is 2. The van der Waals surface area contributed by atoms with E-state index in [1.165, 1.54) is 12.1 Å². The smallest absolute Gasteiger partial charge is 0.256 e. The van der Waals surface area contributed by atoms with E-state index in [2.05, 4.69) is 5.32 Å². The van der Waals surface area contributed by atoms with Crippen LogP contribution >= 0.6 is 11.6 Å². The first kappa shape index (κ1) is 14.4. The number of anilines is 1. The van der Waals surface area contributed by atoms with Crippen LogP contribution in [0.1, 0.15) is 27.0 Å². The summed E-state index contributed by atoms with van der Waals surface area (Å²) in [6.45, 7) is 5.83. The second kappa shape index (κ2) is 5.55. The maximum Gasteiger partial charge on any atom is 0.256 e. The molecule has 2 rings (SSSR count). The van der Waals surface area contributed by atoms with Crippen molar-refractivity contribution in [2.75, 3.05) is 5.32 Å². The Labute approximate surface area is 123 Å². The van der Waals surface area contributed by atoms with E-state index < -0.39 is 0 Å². The highest BCUT2D eigenvalue weighted by molar-refractivity contribution is 6.32. The summed E-state index contributed by atoms with van der Waals surface area (Å²) in [5.74, 6) is -0.186. The average molecular weight is 290 g/mol. The molecule has 0 unspecified atom stereocenters. The minimum atomic E-state index is -0.179. The van der Waals surface area contributed by atoms with Crippen molar-refractivity contribution >= 4 is 23.2 Å². The fraction of sp³-hybridized carbons (Fsp3) is 0.188. The van der Waals surface area contributed by atoms with Crippen LogP contribution < -0.4 is 5.32 Å². The number of rotatable bonds is 2. The van der Waals surface area contributed by atoms with E-state index in [0.717, 1.165) is 16.7 Å². The van der Waals surface area contributed by atoms with Crippen LogP contribution in [0.15, 0.2) is 30.3 Å². The average Bonchev–Trinajstić information content (AvgIpc) is 2.32. The van der Waals surface area contributed by atoms with E-state index in [0.29, 0.717) is 11.3 Å². The molecule has 0 saturated carbocycles. The molecule has 0 radical (unpaired) electrons. The molecule has 104 valence electrons. The highest BCUT2D eigenvalue weighted by atomic mass is 35.5. The summed E-state index contributed by atoms with van der Waals surface area (Å²) in [6.07, 6.45) is 0. The number of amides is 1. The Hall–Kier alpha value is -2.00. The number of carbonyl (C=O) groups excluding carboxylic acids is 1. The number of hydrogen-bond acceptors (Lipinski definition) is 2. The SMILES string of the molecule is Cc1cc(C)c(C(=O)Nc2ccc(O)c(Cl)c2)c(C)c1. The normalized spacial score (nSPS) is 10.4. The first-order valence-corrected chi connectivity index (χ1v) is 6.64. The van der Waals surface area contributed by atoms with Gasteiger partial charge in [-0.2, -0.15) is 0 Å². The van der Waals surface area contributed by atoms with Crippen LogP contribution in [-0.4, -0.2) is 11.0 Å². The van der Waals surface area contributed by atoms with Gasteiger partial charge in [0.2, 0.25) is 0 Å². The molecule has 0 atom stereocenters. The van der Waals surface area contributed by atoms with Gasteiger partial charge in [-0.1, -0.05) is 29.3 Å². The molecule has 0 fully saturated rings. The van der Waals surface area contributed by atoms with Gasteiger partial charge in [-0.05, 0) is 50.1 Å². The van der Waals surface area contributed by atoms with Gasteiger partial charge in [-0.15, -0.1) is 0 Å². The van der Waals surface area contributed by atoms with E-state index >= 15 is 0 Å². The minimum Gasteiger partial charge on any atom is -0.506 e. The lowest BCUT2D eigenvalue weighted by molar-refractivity contribution is 0.102. The summed E-state index contributed by atoms with van der Waals surface area (Å²) in [7, 11) is 0. The van der Waals surface area contributed by atoms with Crippen LogP contribution in [0.5, 0.6) is 5.75 Å². The molecule has 0 spiro atoms. The fourth-order valence-corrected chi connectivity index (χ4v) is 2.50. The fourth-order valence-electron chi connectivity index (χ4n) is 2.32. The Morgan fingerprint density at radius 2 is 1.70 bits per heavy atom. The van der Waals surface area contributed by atoms with E-state index in [1.54, 1.807) is 6.07 Å². The van der Waals surface area contributed by atoms with Crippen molar-refractivity contribution in [2.24, 2.45) is 0 Å². The van der Waals surface area contributed by atoms with Crippen molar-refractivity contribution in [2.45, 2.75) is 20.8 Å². The third-order valence-electron chi connectivity index (χ3n) is 3.11. The molecule has 0 aliphatic heterocycles. The van der Waals surface area contributed by atoms with Crippen molar-refractivity contribution in [3.63, 3.8) is 0 Å². The van der Waals surface area contributed by atoms with Crippen LogP contribution in [0.25, 0.3) is 0 Å². The molecule has 3 nitrogen and oxygen atoms in total. The number of phenolic OH excluding ortho intramolecular Hbond substituents is 1. The number of nitrogens with one attached hydrogen (secondary N) is 1. The van der Waals surface area contributed by atoms with Gasteiger partial charge < -0.3 is 10.4 Å². The molecule has 20 heavy (non-hydrogen) atoms. The van der Waals surface area contributed by atoms with E-state index in [4.69, 9.17) is 11.6 Å². The number of carbonyl (C=O) groups is 1. The molecular weight excluding hydrogens is 274 g/mol. The van der Waals surface area contributed by atoms with Crippen molar-refractivity contribution in [3.8, 4) is 5.75 Å². The lowest BCUT2D eigenvalue weighted by atomic mass is 9.99. The van der Waals surface area contributed by atoms with E-state index in [9.17, 15) is 9.90 Å². The Balaban J connectivity index is 2.31. The Kier molecular flexibility index (Phi) is 4.00. The molecule has 0 aromatic heterocycles.